The maximum Gasteiger partial charge on any atom is 0.231 e. The summed E-state index contributed by atoms with van der Waals surface area (Å²) in [7, 11) is 1.63. The van der Waals surface area contributed by atoms with Gasteiger partial charge in [-0.3, -0.25) is 0 Å². The van der Waals surface area contributed by atoms with Gasteiger partial charge in [0.25, 0.3) is 0 Å². The van der Waals surface area contributed by atoms with Gasteiger partial charge in [-0.1, -0.05) is 13.8 Å². The van der Waals surface area contributed by atoms with Crippen molar-refractivity contribution in [1.82, 2.24) is 0 Å². The van der Waals surface area contributed by atoms with Gasteiger partial charge in [-0.25, -0.2) is 0 Å². The van der Waals surface area contributed by atoms with E-state index in [1.54, 1.807) is 7.11 Å². The third-order valence-electron chi connectivity index (χ3n) is 3.16. The summed E-state index contributed by atoms with van der Waals surface area (Å²) >= 11 is 0. The Kier molecular flexibility index (Phi) is 3.97. The summed E-state index contributed by atoms with van der Waals surface area (Å²) < 4.78 is 16.1. The molecule has 0 radical (unpaired) electrons. The first-order chi connectivity index (χ1) is 8.61. The topological polar surface area (TPSA) is 53.7 Å². The number of benzene rings is 1. The van der Waals surface area contributed by atoms with Crippen molar-refractivity contribution in [2.75, 3.05) is 13.9 Å². The SMILES string of the molecule is COc1cc([C@@H](N)CCC(C)C)cc2c1OCO2. The molecular weight excluding hydrogens is 230 g/mol. The normalized spacial score (nSPS) is 14.9. The van der Waals surface area contributed by atoms with E-state index in [-0.39, 0.29) is 12.8 Å². The lowest BCUT2D eigenvalue weighted by molar-refractivity contribution is 0.171. The molecular formula is C14H21NO3. The van der Waals surface area contributed by atoms with E-state index in [1.807, 2.05) is 12.1 Å². The minimum atomic E-state index is 0.01000. The Bertz CT molecular complexity index is 418. The quantitative estimate of drug-likeness (QED) is 0.874. The van der Waals surface area contributed by atoms with Crippen LogP contribution in [0.3, 0.4) is 0 Å². The van der Waals surface area contributed by atoms with Crippen molar-refractivity contribution in [3.05, 3.63) is 17.7 Å². The first-order valence-electron chi connectivity index (χ1n) is 6.35. The standard InChI is InChI=1S/C14H21NO3/c1-9(2)4-5-11(15)10-6-12(16-3)14-13(7-10)17-8-18-14/h6-7,9,11H,4-5,8,15H2,1-3H3/t11-/m0/s1. The lowest BCUT2D eigenvalue weighted by Crippen LogP contribution is -2.11. The monoisotopic (exact) mass is 251 g/mol. The van der Waals surface area contributed by atoms with Gasteiger partial charge in [0.2, 0.25) is 12.5 Å². The van der Waals surface area contributed by atoms with Crippen molar-refractivity contribution in [2.45, 2.75) is 32.7 Å². The van der Waals surface area contributed by atoms with Crippen LogP contribution in [0.4, 0.5) is 0 Å². The van der Waals surface area contributed by atoms with Crippen LogP contribution in [0.2, 0.25) is 0 Å². The summed E-state index contributed by atoms with van der Waals surface area (Å²) in [6.07, 6.45) is 2.07. The zero-order chi connectivity index (χ0) is 13.1. The average molecular weight is 251 g/mol. The van der Waals surface area contributed by atoms with Gasteiger partial charge < -0.3 is 19.9 Å². The summed E-state index contributed by atoms with van der Waals surface area (Å²) in [5.74, 6) is 2.76. The lowest BCUT2D eigenvalue weighted by atomic mass is 9.98. The van der Waals surface area contributed by atoms with Crippen molar-refractivity contribution in [3.63, 3.8) is 0 Å². The Hall–Kier alpha value is -1.42. The lowest BCUT2D eigenvalue weighted by Gasteiger charge is -2.15. The molecule has 1 heterocycles. The van der Waals surface area contributed by atoms with Gasteiger partial charge in [-0.15, -0.1) is 0 Å². The summed E-state index contributed by atoms with van der Waals surface area (Å²) in [5.41, 5.74) is 7.25. The molecule has 0 amide bonds. The van der Waals surface area contributed by atoms with Gasteiger partial charge in [-0.05, 0) is 36.5 Å². The fourth-order valence-corrected chi connectivity index (χ4v) is 2.04. The highest BCUT2D eigenvalue weighted by Gasteiger charge is 2.21. The van der Waals surface area contributed by atoms with E-state index in [2.05, 4.69) is 13.8 Å². The number of hydrogen-bond acceptors (Lipinski definition) is 4. The Morgan fingerprint density at radius 3 is 2.72 bits per heavy atom. The van der Waals surface area contributed by atoms with Gasteiger partial charge >= 0.3 is 0 Å². The number of methoxy groups -OCH3 is 1. The third-order valence-corrected chi connectivity index (χ3v) is 3.16. The molecule has 0 spiro atoms. The Morgan fingerprint density at radius 2 is 2.06 bits per heavy atom. The highest BCUT2D eigenvalue weighted by Crippen LogP contribution is 2.43. The van der Waals surface area contributed by atoms with E-state index >= 15 is 0 Å². The Morgan fingerprint density at radius 1 is 1.28 bits per heavy atom. The van der Waals surface area contributed by atoms with Crippen LogP contribution in [0.25, 0.3) is 0 Å². The molecule has 0 unspecified atom stereocenters. The Labute approximate surface area is 108 Å². The van der Waals surface area contributed by atoms with Crippen molar-refractivity contribution in [3.8, 4) is 17.2 Å². The summed E-state index contributed by atoms with van der Waals surface area (Å²) in [6.45, 7) is 4.65. The van der Waals surface area contributed by atoms with Crippen molar-refractivity contribution in [1.29, 1.82) is 0 Å². The zero-order valence-corrected chi connectivity index (χ0v) is 11.2. The van der Waals surface area contributed by atoms with Gasteiger partial charge in [-0.2, -0.15) is 0 Å². The largest absolute Gasteiger partial charge is 0.493 e. The molecule has 0 fully saturated rings. The van der Waals surface area contributed by atoms with E-state index in [0.29, 0.717) is 17.4 Å². The molecule has 100 valence electrons. The van der Waals surface area contributed by atoms with E-state index < -0.39 is 0 Å². The molecule has 4 nitrogen and oxygen atoms in total. The van der Waals surface area contributed by atoms with Crippen molar-refractivity contribution in [2.24, 2.45) is 11.7 Å². The third kappa shape index (κ3) is 2.70. The number of rotatable bonds is 5. The predicted octanol–water partition coefficient (Wildman–Crippen LogP) is 2.86. The van der Waals surface area contributed by atoms with E-state index in [9.17, 15) is 0 Å². The van der Waals surface area contributed by atoms with Crippen LogP contribution < -0.4 is 19.9 Å². The summed E-state index contributed by atoms with van der Waals surface area (Å²) in [6, 6.07) is 3.91. The molecule has 1 aliphatic rings. The molecule has 1 aromatic rings. The number of fused-ring (bicyclic) bond motifs is 1. The average Bonchev–Trinajstić information content (AvgIpc) is 2.82. The molecule has 0 saturated heterocycles. The maximum absolute atomic E-state index is 6.21. The van der Waals surface area contributed by atoms with Crippen LogP contribution >= 0.6 is 0 Å². The maximum atomic E-state index is 6.21. The first kappa shape index (κ1) is 13.0. The summed E-state index contributed by atoms with van der Waals surface area (Å²) in [5, 5.41) is 0. The molecule has 2 N–H and O–H groups in total. The van der Waals surface area contributed by atoms with E-state index in [0.717, 1.165) is 24.2 Å². The molecule has 1 aliphatic heterocycles. The van der Waals surface area contributed by atoms with Gasteiger partial charge in [0.05, 0.1) is 7.11 Å². The zero-order valence-electron chi connectivity index (χ0n) is 11.2. The highest BCUT2D eigenvalue weighted by molar-refractivity contribution is 5.55. The van der Waals surface area contributed by atoms with Crippen LogP contribution in [0, 0.1) is 5.92 Å². The van der Waals surface area contributed by atoms with Gasteiger partial charge in [0.1, 0.15) is 0 Å². The van der Waals surface area contributed by atoms with Crippen LogP contribution in [0.5, 0.6) is 17.2 Å². The van der Waals surface area contributed by atoms with Gasteiger partial charge in [0, 0.05) is 6.04 Å². The predicted molar refractivity (Wildman–Crippen MR) is 70.1 cm³/mol. The second kappa shape index (κ2) is 5.48. The fraction of sp³-hybridized carbons (Fsp3) is 0.571. The Balaban J connectivity index is 2.18. The molecule has 1 atom stereocenters. The smallest absolute Gasteiger partial charge is 0.231 e. The molecule has 0 aliphatic carbocycles. The molecule has 18 heavy (non-hydrogen) atoms. The van der Waals surface area contributed by atoms with Crippen molar-refractivity contribution >= 4 is 0 Å². The first-order valence-corrected chi connectivity index (χ1v) is 6.35. The van der Waals surface area contributed by atoms with Gasteiger partial charge in [0.15, 0.2) is 11.5 Å². The van der Waals surface area contributed by atoms with Crippen LogP contribution in [-0.4, -0.2) is 13.9 Å². The molecule has 0 aromatic heterocycles. The second-order valence-corrected chi connectivity index (χ2v) is 5.03. The number of hydrogen-bond donors (Lipinski definition) is 1. The summed E-state index contributed by atoms with van der Waals surface area (Å²) in [4.78, 5) is 0. The fourth-order valence-electron chi connectivity index (χ4n) is 2.04. The van der Waals surface area contributed by atoms with E-state index in [1.165, 1.54) is 0 Å². The minimum absolute atomic E-state index is 0.01000. The molecule has 0 bridgehead atoms. The van der Waals surface area contributed by atoms with E-state index in [4.69, 9.17) is 19.9 Å². The van der Waals surface area contributed by atoms with Crippen molar-refractivity contribution < 1.29 is 14.2 Å². The minimum Gasteiger partial charge on any atom is -0.493 e. The molecule has 0 saturated carbocycles. The van der Waals surface area contributed by atoms with Crippen LogP contribution in [-0.2, 0) is 0 Å². The highest BCUT2D eigenvalue weighted by atomic mass is 16.7. The van der Waals surface area contributed by atoms with Crippen LogP contribution in [0.15, 0.2) is 12.1 Å². The molecule has 1 aromatic carbocycles. The second-order valence-electron chi connectivity index (χ2n) is 5.03. The number of nitrogens with two attached hydrogens (primary N) is 1. The molecule has 2 rings (SSSR count). The number of ether oxygens (including phenoxy) is 3. The van der Waals surface area contributed by atoms with Crippen LogP contribution in [0.1, 0.15) is 38.3 Å². The molecule has 4 heteroatoms.